The Morgan fingerprint density at radius 3 is 1.00 bits per heavy atom. The first kappa shape index (κ1) is 53.0. The SMILES string of the molecule is c1ccc(N2c3ccccc3C3(c4ccccc4-c4c(-c5cccc6c(-c7cccc8c7C7(CCCC7)c7ccccc7-8)c7cccc(-c8cccc9c8-c8ccccc8C98c9ccccc9N(c9ccccc9)c9ccccc98)c7cc56)cccc43)c3ccccc32)cc1. The maximum Gasteiger partial charge on any atom is 0.0754 e. The van der Waals surface area contributed by atoms with Gasteiger partial charge in [0, 0.05) is 16.8 Å². The number of benzene rings is 15. The molecule has 3 spiro atoms. The summed E-state index contributed by atoms with van der Waals surface area (Å²) in [7, 11) is 0. The molecule has 95 heavy (non-hydrogen) atoms. The largest absolute Gasteiger partial charge is 0.310 e. The zero-order chi connectivity index (χ0) is 62.1. The van der Waals surface area contributed by atoms with E-state index in [1.54, 1.807) is 0 Å². The predicted molar refractivity (Wildman–Crippen MR) is 394 cm³/mol. The molecule has 4 aliphatic carbocycles. The summed E-state index contributed by atoms with van der Waals surface area (Å²) in [6.07, 6.45) is 4.73. The Balaban J connectivity index is 0.859. The lowest BCUT2D eigenvalue weighted by molar-refractivity contribution is 0.551. The zero-order valence-corrected chi connectivity index (χ0v) is 52.4. The summed E-state index contributed by atoms with van der Waals surface area (Å²) >= 11 is 0. The van der Waals surface area contributed by atoms with Gasteiger partial charge in [0.25, 0.3) is 0 Å². The molecule has 444 valence electrons. The van der Waals surface area contributed by atoms with Gasteiger partial charge in [-0.3, -0.25) is 0 Å². The molecule has 0 N–H and O–H groups in total. The van der Waals surface area contributed by atoms with Crippen molar-refractivity contribution in [3.8, 4) is 66.8 Å². The molecule has 1 fully saturated rings. The topological polar surface area (TPSA) is 6.48 Å². The average Bonchev–Trinajstić information content (AvgIpc) is 1.58. The first-order valence-corrected chi connectivity index (χ1v) is 34.0. The van der Waals surface area contributed by atoms with Crippen LogP contribution in [-0.2, 0) is 16.2 Å². The van der Waals surface area contributed by atoms with Crippen LogP contribution >= 0.6 is 0 Å². The molecule has 0 radical (unpaired) electrons. The summed E-state index contributed by atoms with van der Waals surface area (Å²) in [6.45, 7) is 0. The van der Waals surface area contributed by atoms with E-state index in [4.69, 9.17) is 0 Å². The van der Waals surface area contributed by atoms with Gasteiger partial charge in [-0.2, -0.15) is 0 Å². The fourth-order valence-corrected chi connectivity index (χ4v) is 19.7. The molecule has 21 rings (SSSR count). The third-order valence-corrected chi connectivity index (χ3v) is 23.0. The molecule has 0 atom stereocenters. The lowest BCUT2D eigenvalue weighted by atomic mass is 9.64. The molecule has 0 bridgehead atoms. The van der Waals surface area contributed by atoms with Gasteiger partial charge in [0.1, 0.15) is 0 Å². The molecule has 0 saturated heterocycles. The first-order chi connectivity index (χ1) is 47.2. The maximum atomic E-state index is 2.61. The van der Waals surface area contributed by atoms with E-state index in [9.17, 15) is 0 Å². The van der Waals surface area contributed by atoms with Crippen LogP contribution in [0.25, 0.3) is 88.3 Å². The number of fused-ring (bicyclic) bond motifs is 25. The molecule has 0 aromatic heterocycles. The highest BCUT2D eigenvalue weighted by Gasteiger charge is 2.55. The highest BCUT2D eigenvalue weighted by molar-refractivity contribution is 6.21. The van der Waals surface area contributed by atoms with E-state index < -0.39 is 10.8 Å². The van der Waals surface area contributed by atoms with Crippen molar-refractivity contribution >= 4 is 55.7 Å². The van der Waals surface area contributed by atoms with Crippen LogP contribution in [0, 0.1) is 0 Å². The van der Waals surface area contributed by atoms with Crippen LogP contribution in [0.2, 0.25) is 0 Å². The van der Waals surface area contributed by atoms with Crippen molar-refractivity contribution in [3.05, 3.63) is 383 Å². The molecule has 2 aliphatic heterocycles. The third kappa shape index (κ3) is 6.78. The highest BCUT2D eigenvalue weighted by atomic mass is 15.2. The standard InChI is InChI=1S/C93H62N2/c1-3-28-59(29-4-1)94-83-52-17-13-46-77(83)92(78-47-14-18-53-84(78)94)75-44-11-8-33-69(75)88-64(39-26-50-81(88)92)61-35-23-37-66-72(61)58-73-62(36-24-38-67(73)87(66)71-42-25-41-68-63-32-7-10-43-74(63)91(90(68)71)56-21-22-57-91)65-40-27-51-82-89(65)70-34-9-12-45-76(70)93(82)79-48-15-19-54-85(79)95(60-30-5-2-6-31-60)86-55-20-16-49-80(86)93/h1-20,23-55,58H,21-22,56-57H2. The second-order valence-electron chi connectivity index (χ2n) is 27.1. The summed E-state index contributed by atoms with van der Waals surface area (Å²) in [4.78, 5) is 4.97. The van der Waals surface area contributed by atoms with Crippen LogP contribution in [0.5, 0.6) is 0 Å². The Hall–Kier alpha value is -11.6. The van der Waals surface area contributed by atoms with E-state index >= 15 is 0 Å². The Morgan fingerprint density at radius 2 is 0.537 bits per heavy atom. The molecular formula is C93H62N2. The number of nitrogens with zero attached hydrogens (tertiary/aromatic N) is 2. The minimum Gasteiger partial charge on any atom is -0.310 e. The summed E-state index contributed by atoms with van der Waals surface area (Å²) < 4.78 is 0. The quantitative estimate of drug-likeness (QED) is 0.159. The van der Waals surface area contributed by atoms with Crippen molar-refractivity contribution in [2.24, 2.45) is 0 Å². The van der Waals surface area contributed by atoms with Gasteiger partial charge in [-0.15, -0.1) is 0 Å². The van der Waals surface area contributed by atoms with Gasteiger partial charge in [-0.05, 0) is 211 Å². The number of hydrogen-bond donors (Lipinski definition) is 0. The number of anilines is 6. The minimum atomic E-state index is -0.605. The van der Waals surface area contributed by atoms with Crippen LogP contribution in [0.15, 0.2) is 328 Å². The van der Waals surface area contributed by atoms with Crippen LogP contribution < -0.4 is 9.80 Å². The van der Waals surface area contributed by atoms with Gasteiger partial charge in [0.15, 0.2) is 0 Å². The van der Waals surface area contributed by atoms with E-state index in [0.717, 1.165) is 24.2 Å². The molecule has 6 aliphatic rings. The molecule has 1 saturated carbocycles. The van der Waals surface area contributed by atoms with Crippen molar-refractivity contribution in [2.45, 2.75) is 41.9 Å². The normalized spacial score (nSPS) is 15.4. The minimum absolute atomic E-state index is 0.0753. The Kier molecular flexibility index (Phi) is 11.0. The average molecular weight is 1210 g/mol. The first-order valence-electron chi connectivity index (χ1n) is 34.0. The fraction of sp³-hybridized carbons (Fsp3) is 0.0753. The van der Waals surface area contributed by atoms with Crippen LogP contribution in [0.3, 0.4) is 0 Å². The molecule has 15 aromatic rings. The second-order valence-corrected chi connectivity index (χ2v) is 27.1. The molecule has 2 heteroatoms. The van der Waals surface area contributed by atoms with Gasteiger partial charge in [0.05, 0.1) is 33.6 Å². The monoisotopic (exact) mass is 1210 g/mol. The van der Waals surface area contributed by atoms with Crippen LogP contribution in [0.1, 0.15) is 81.3 Å². The van der Waals surface area contributed by atoms with Crippen LogP contribution in [-0.4, -0.2) is 0 Å². The predicted octanol–water partition coefficient (Wildman–Crippen LogP) is 24.1. The summed E-state index contributed by atoms with van der Waals surface area (Å²) in [5, 5.41) is 5.05. The van der Waals surface area contributed by atoms with E-state index in [-0.39, 0.29) is 5.41 Å². The van der Waals surface area contributed by atoms with Gasteiger partial charge in [0.2, 0.25) is 0 Å². The number of hydrogen-bond acceptors (Lipinski definition) is 2. The van der Waals surface area contributed by atoms with E-state index in [1.807, 2.05) is 0 Å². The summed E-state index contributed by atoms with van der Waals surface area (Å²) in [5.74, 6) is 0. The molecule has 2 heterocycles. The van der Waals surface area contributed by atoms with Crippen molar-refractivity contribution in [1.82, 2.24) is 0 Å². The van der Waals surface area contributed by atoms with Gasteiger partial charge < -0.3 is 9.80 Å². The summed E-state index contributed by atoms with van der Waals surface area (Å²) in [5.41, 5.74) is 34.8. The zero-order valence-electron chi connectivity index (χ0n) is 52.4. The van der Waals surface area contributed by atoms with Crippen molar-refractivity contribution in [2.75, 3.05) is 9.80 Å². The molecular weight excluding hydrogens is 1150 g/mol. The van der Waals surface area contributed by atoms with Gasteiger partial charge in [-0.1, -0.05) is 286 Å². The second kappa shape index (κ2) is 19.7. The Bertz CT molecular complexity index is 5380. The molecule has 2 nitrogen and oxygen atoms in total. The maximum absolute atomic E-state index is 2.61. The lowest BCUT2D eigenvalue weighted by Crippen LogP contribution is -2.36. The van der Waals surface area contributed by atoms with E-state index in [0.29, 0.717) is 0 Å². The highest BCUT2D eigenvalue weighted by Crippen LogP contribution is 2.68. The van der Waals surface area contributed by atoms with Crippen LogP contribution in [0.4, 0.5) is 34.1 Å². The van der Waals surface area contributed by atoms with E-state index in [2.05, 4.69) is 337 Å². The lowest BCUT2D eigenvalue weighted by Gasteiger charge is -2.45. The molecule has 0 amide bonds. The van der Waals surface area contributed by atoms with Crippen molar-refractivity contribution in [1.29, 1.82) is 0 Å². The van der Waals surface area contributed by atoms with Crippen molar-refractivity contribution in [3.63, 3.8) is 0 Å². The van der Waals surface area contributed by atoms with E-state index in [1.165, 1.54) is 180 Å². The summed E-state index contributed by atoms with van der Waals surface area (Å²) in [6, 6.07) is 126. The van der Waals surface area contributed by atoms with Gasteiger partial charge in [-0.25, -0.2) is 0 Å². The van der Waals surface area contributed by atoms with Crippen molar-refractivity contribution < 1.29 is 0 Å². The Morgan fingerprint density at radius 1 is 0.211 bits per heavy atom. The fourth-order valence-electron chi connectivity index (χ4n) is 19.7. The number of rotatable bonds is 5. The smallest absolute Gasteiger partial charge is 0.0754 e. The van der Waals surface area contributed by atoms with Gasteiger partial charge >= 0.3 is 0 Å². The third-order valence-electron chi connectivity index (χ3n) is 23.0. The molecule has 15 aromatic carbocycles. The Labute approximate surface area is 554 Å². The molecule has 0 unspecified atom stereocenters. The number of para-hydroxylation sites is 6.